The second kappa shape index (κ2) is 2.33. The zero-order valence-electron chi connectivity index (χ0n) is 7.62. The predicted octanol–water partition coefficient (Wildman–Crippen LogP) is 1.41. The summed E-state index contributed by atoms with van der Waals surface area (Å²) in [5, 5.41) is 0. The second-order valence-electron chi connectivity index (χ2n) is 4.14. The Morgan fingerprint density at radius 1 is 1.58 bits per heavy atom. The predicted molar refractivity (Wildman–Crippen MR) is 47.7 cm³/mol. The van der Waals surface area contributed by atoms with E-state index in [1.807, 2.05) is 26.4 Å². The molecule has 1 fully saturated rings. The molecule has 0 aromatic carbocycles. The van der Waals surface area contributed by atoms with E-state index in [9.17, 15) is 0 Å². The van der Waals surface area contributed by atoms with Crippen LogP contribution in [0.4, 0.5) is 0 Å². The molecule has 12 heavy (non-hydrogen) atoms. The summed E-state index contributed by atoms with van der Waals surface area (Å²) in [4.78, 5) is 4.13. The number of rotatable bonds is 2. The first-order valence-electron chi connectivity index (χ1n) is 4.40. The Kier molecular flexibility index (Phi) is 1.51. The first kappa shape index (κ1) is 7.80. The summed E-state index contributed by atoms with van der Waals surface area (Å²) < 4.78 is 2.21. The van der Waals surface area contributed by atoms with Gasteiger partial charge in [0.1, 0.15) is 0 Å². The second-order valence-corrected chi connectivity index (χ2v) is 4.14. The number of nitrogens with two attached hydrogens (primary N) is 1. The first-order chi connectivity index (χ1) is 5.59. The average Bonchev–Trinajstić information content (AvgIpc) is 2.65. The van der Waals surface area contributed by atoms with Crippen LogP contribution in [0.5, 0.6) is 0 Å². The fourth-order valence-electron chi connectivity index (χ4n) is 1.45. The number of hydrogen-bond donors (Lipinski definition) is 1. The highest BCUT2D eigenvalue weighted by molar-refractivity contribution is 5.12. The highest BCUT2D eigenvalue weighted by Crippen LogP contribution is 2.37. The van der Waals surface area contributed by atoms with Crippen LogP contribution in [0.25, 0.3) is 0 Å². The van der Waals surface area contributed by atoms with Crippen LogP contribution in [0, 0.1) is 0 Å². The normalized spacial score (nSPS) is 18.2. The summed E-state index contributed by atoms with van der Waals surface area (Å²) in [6.07, 6.45) is 6.32. The minimum absolute atomic E-state index is 0.265. The van der Waals surface area contributed by atoms with Gasteiger partial charge in [-0.25, -0.2) is 4.98 Å². The fourth-order valence-corrected chi connectivity index (χ4v) is 1.45. The molecule has 0 atom stereocenters. The molecule has 1 saturated carbocycles. The Morgan fingerprint density at radius 3 is 2.75 bits per heavy atom. The molecule has 1 heterocycles. The van der Waals surface area contributed by atoms with Gasteiger partial charge in [-0.2, -0.15) is 0 Å². The standard InChI is InChI=1S/C9H15N3/c1-9(2,10)8-5-11-6-12(8)7-3-4-7/h5-7H,3-4,10H2,1-2H3. The van der Waals surface area contributed by atoms with Crippen molar-refractivity contribution in [1.29, 1.82) is 0 Å². The quantitative estimate of drug-likeness (QED) is 0.720. The molecule has 0 saturated heterocycles. The fraction of sp³-hybridized carbons (Fsp3) is 0.667. The minimum atomic E-state index is -0.265. The van der Waals surface area contributed by atoms with Crippen LogP contribution >= 0.6 is 0 Å². The molecule has 0 amide bonds. The molecule has 0 unspecified atom stereocenters. The van der Waals surface area contributed by atoms with Gasteiger partial charge in [-0.05, 0) is 26.7 Å². The average molecular weight is 165 g/mol. The van der Waals surface area contributed by atoms with Crippen LogP contribution in [0.1, 0.15) is 38.4 Å². The van der Waals surface area contributed by atoms with E-state index in [1.165, 1.54) is 12.8 Å². The molecule has 1 aromatic rings. The van der Waals surface area contributed by atoms with Crippen molar-refractivity contribution in [3.05, 3.63) is 18.2 Å². The SMILES string of the molecule is CC(C)(N)c1cncn1C1CC1. The summed E-state index contributed by atoms with van der Waals surface area (Å²) in [5.74, 6) is 0. The molecular formula is C9H15N3. The third kappa shape index (κ3) is 1.25. The van der Waals surface area contributed by atoms with E-state index in [1.54, 1.807) is 0 Å². The highest BCUT2D eigenvalue weighted by Gasteiger charge is 2.29. The van der Waals surface area contributed by atoms with Crippen molar-refractivity contribution in [3.8, 4) is 0 Å². The third-order valence-corrected chi connectivity index (χ3v) is 2.27. The summed E-state index contributed by atoms with van der Waals surface area (Å²) in [6.45, 7) is 4.03. The Labute approximate surface area is 72.6 Å². The molecule has 1 aliphatic carbocycles. The van der Waals surface area contributed by atoms with Gasteiger partial charge in [-0.1, -0.05) is 0 Å². The lowest BCUT2D eigenvalue weighted by molar-refractivity contribution is 0.495. The number of nitrogens with zero attached hydrogens (tertiary/aromatic N) is 2. The van der Waals surface area contributed by atoms with Gasteiger partial charge in [0.25, 0.3) is 0 Å². The molecule has 0 radical (unpaired) electrons. The van der Waals surface area contributed by atoms with Gasteiger partial charge in [-0.3, -0.25) is 0 Å². The van der Waals surface area contributed by atoms with Gasteiger partial charge in [0.05, 0.1) is 17.6 Å². The van der Waals surface area contributed by atoms with E-state index in [-0.39, 0.29) is 5.54 Å². The molecule has 3 nitrogen and oxygen atoms in total. The van der Waals surface area contributed by atoms with E-state index < -0.39 is 0 Å². The third-order valence-electron chi connectivity index (χ3n) is 2.27. The number of aromatic nitrogens is 2. The molecular weight excluding hydrogens is 150 g/mol. The van der Waals surface area contributed by atoms with Gasteiger partial charge < -0.3 is 10.3 Å². The maximum absolute atomic E-state index is 6.01. The van der Waals surface area contributed by atoms with Crippen molar-refractivity contribution in [2.75, 3.05) is 0 Å². The number of imidazole rings is 1. The van der Waals surface area contributed by atoms with E-state index in [0.717, 1.165) is 5.69 Å². The monoisotopic (exact) mass is 165 g/mol. The molecule has 1 aromatic heterocycles. The maximum atomic E-state index is 6.01. The van der Waals surface area contributed by atoms with Crippen LogP contribution in [0.3, 0.4) is 0 Å². The lowest BCUT2D eigenvalue weighted by Crippen LogP contribution is -2.31. The van der Waals surface area contributed by atoms with Gasteiger partial charge in [0, 0.05) is 12.2 Å². The zero-order valence-corrected chi connectivity index (χ0v) is 7.62. The molecule has 2 rings (SSSR count). The van der Waals surface area contributed by atoms with Crippen molar-refractivity contribution >= 4 is 0 Å². The summed E-state index contributed by atoms with van der Waals surface area (Å²) in [5.41, 5.74) is 6.89. The van der Waals surface area contributed by atoms with Crippen LogP contribution in [0.2, 0.25) is 0 Å². The Hall–Kier alpha value is -0.830. The molecule has 66 valence electrons. The summed E-state index contributed by atoms with van der Waals surface area (Å²) >= 11 is 0. The number of hydrogen-bond acceptors (Lipinski definition) is 2. The maximum Gasteiger partial charge on any atom is 0.0951 e. The molecule has 3 heteroatoms. The van der Waals surface area contributed by atoms with Crippen LogP contribution in [-0.2, 0) is 5.54 Å². The van der Waals surface area contributed by atoms with E-state index in [2.05, 4.69) is 9.55 Å². The van der Waals surface area contributed by atoms with Crippen LogP contribution < -0.4 is 5.73 Å². The Bertz CT molecular complexity index is 278. The smallest absolute Gasteiger partial charge is 0.0951 e. The molecule has 0 spiro atoms. The molecule has 2 N–H and O–H groups in total. The highest BCUT2D eigenvalue weighted by atomic mass is 15.1. The first-order valence-corrected chi connectivity index (χ1v) is 4.40. The Balaban J connectivity index is 2.36. The van der Waals surface area contributed by atoms with Crippen molar-refractivity contribution < 1.29 is 0 Å². The van der Waals surface area contributed by atoms with Crippen LogP contribution in [0.15, 0.2) is 12.5 Å². The van der Waals surface area contributed by atoms with Gasteiger partial charge in [-0.15, -0.1) is 0 Å². The van der Waals surface area contributed by atoms with Crippen molar-refractivity contribution in [3.63, 3.8) is 0 Å². The summed E-state index contributed by atoms with van der Waals surface area (Å²) in [6, 6.07) is 0.672. The zero-order chi connectivity index (χ0) is 8.77. The van der Waals surface area contributed by atoms with Gasteiger partial charge in [0.15, 0.2) is 0 Å². The summed E-state index contributed by atoms with van der Waals surface area (Å²) in [7, 11) is 0. The van der Waals surface area contributed by atoms with Crippen molar-refractivity contribution in [2.45, 2.75) is 38.3 Å². The molecule has 1 aliphatic rings. The van der Waals surface area contributed by atoms with E-state index in [0.29, 0.717) is 6.04 Å². The van der Waals surface area contributed by atoms with E-state index >= 15 is 0 Å². The minimum Gasteiger partial charge on any atom is -0.330 e. The van der Waals surface area contributed by atoms with E-state index in [4.69, 9.17) is 5.73 Å². The molecule has 0 aliphatic heterocycles. The van der Waals surface area contributed by atoms with Gasteiger partial charge in [0.2, 0.25) is 0 Å². The largest absolute Gasteiger partial charge is 0.330 e. The lowest BCUT2D eigenvalue weighted by atomic mass is 10.0. The topological polar surface area (TPSA) is 43.8 Å². The van der Waals surface area contributed by atoms with Gasteiger partial charge >= 0.3 is 0 Å². The molecule has 0 bridgehead atoms. The van der Waals surface area contributed by atoms with Crippen molar-refractivity contribution in [2.24, 2.45) is 5.73 Å². The van der Waals surface area contributed by atoms with Crippen molar-refractivity contribution in [1.82, 2.24) is 9.55 Å². The Morgan fingerprint density at radius 2 is 2.25 bits per heavy atom. The lowest BCUT2D eigenvalue weighted by Gasteiger charge is -2.20. The van der Waals surface area contributed by atoms with Crippen LogP contribution in [-0.4, -0.2) is 9.55 Å².